The Balaban J connectivity index is 1.51. The second-order valence-corrected chi connectivity index (χ2v) is 7.02. The maximum absolute atomic E-state index is 12.3. The summed E-state index contributed by atoms with van der Waals surface area (Å²) in [5.74, 6) is -0.00269. The molecule has 2 aromatic carbocycles. The van der Waals surface area contributed by atoms with Crippen LogP contribution >= 0.6 is 11.6 Å². The maximum atomic E-state index is 12.3. The third-order valence-corrected chi connectivity index (χ3v) is 4.93. The Morgan fingerprint density at radius 2 is 1.92 bits per heavy atom. The quantitative estimate of drug-likeness (QED) is 0.864. The number of halogens is 1. The highest BCUT2D eigenvalue weighted by Gasteiger charge is 2.23. The van der Waals surface area contributed by atoms with Crippen molar-refractivity contribution in [2.24, 2.45) is 0 Å². The smallest absolute Gasteiger partial charge is 0.279 e. The van der Waals surface area contributed by atoms with Crippen LogP contribution in [0.15, 0.2) is 42.5 Å². The van der Waals surface area contributed by atoms with Crippen LogP contribution in [0, 0.1) is 18.3 Å². The molecule has 0 atom stereocenters. The standard InChI is InChI=1S/C20H21ClN4O/c1-15-2-5-17(21)12-19(15)25-10-8-24(9-11-25)14-20(26)23-18-6-3-16(13-22)4-7-18/h2-7,12H,8-11,14H2,1H3,(H,23,26)/p+1. The van der Waals surface area contributed by atoms with Gasteiger partial charge in [-0.15, -0.1) is 0 Å². The second kappa shape index (κ2) is 8.22. The summed E-state index contributed by atoms with van der Waals surface area (Å²) < 4.78 is 0. The van der Waals surface area contributed by atoms with Crippen LogP contribution in [0.4, 0.5) is 11.4 Å². The normalized spacial score (nSPS) is 14.7. The molecule has 0 bridgehead atoms. The maximum Gasteiger partial charge on any atom is 0.279 e. The highest BCUT2D eigenvalue weighted by molar-refractivity contribution is 6.30. The number of benzene rings is 2. The van der Waals surface area contributed by atoms with Crippen molar-refractivity contribution in [3.05, 3.63) is 58.6 Å². The van der Waals surface area contributed by atoms with Crippen LogP contribution in [0.1, 0.15) is 11.1 Å². The lowest BCUT2D eigenvalue weighted by atomic mass is 10.1. The van der Waals surface area contributed by atoms with Gasteiger partial charge in [0.05, 0.1) is 37.8 Å². The van der Waals surface area contributed by atoms with E-state index in [2.05, 4.69) is 23.2 Å². The van der Waals surface area contributed by atoms with E-state index >= 15 is 0 Å². The number of hydrogen-bond donors (Lipinski definition) is 2. The van der Waals surface area contributed by atoms with Crippen LogP contribution in [0.3, 0.4) is 0 Å². The van der Waals surface area contributed by atoms with Crippen molar-refractivity contribution in [1.82, 2.24) is 0 Å². The van der Waals surface area contributed by atoms with Gasteiger partial charge in [-0.3, -0.25) is 4.79 Å². The van der Waals surface area contributed by atoms with E-state index in [1.165, 1.54) is 16.2 Å². The molecular weight excluding hydrogens is 348 g/mol. The number of hydrogen-bond acceptors (Lipinski definition) is 3. The molecule has 1 aliphatic rings. The fraction of sp³-hybridized carbons (Fsp3) is 0.300. The van der Waals surface area contributed by atoms with Crippen molar-refractivity contribution in [2.45, 2.75) is 6.92 Å². The Morgan fingerprint density at radius 3 is 2.58 bits per heavy atom. The monoisotopic (exact) mass is 369 g/mol. The molecule has 3 rings (SSSR count). The zero-order chi connectivity index (χ0) is 18.5. The highest BCUT2D eigenvalue weighted by atomic mass is 35.5. The predicted octanol–water partition coefficient (Wildman–Crippen LogP) is 1.86. The van der Waals surface area contributed by atoms with E-state index in [1.54, 1.807) is 24.3 Å². The number of carbonyl (C=O) groups is 1. The predicted molar refractivity (Wildman–Crippen MR) is 104 cm³/mol. The first-order valence-corrected chi connectivity index (χ1v) is 9.07. The summed E-state index contributed by atoms with van der Waals surface area (Å²) in [7, 11) is 0. The van der Waals surface area contributed by atoms with Gasteiger partial charge in [0.1, 0.15) is 0 Å². The molecule has 2 aromatic rings. The number of nitriles is 1. The van der Waals surface area contributed by atoms with Crippen molar-refractivity contribution < 1.29 is 9.69 Å². The van der Waals surface area contributed by atoms with Gasteiger partial charge < -0.3 is 15.1 Å². The number of nitrogens with one attached hydrogen (secondary N) is 2. The molecule has 26 heavy (non-hydrogen) atoms. The fourth-order valence-corrected chi connectivity index (χ4v) is 3.39. The van der Waals surface area contributed by atoms with Gasteiger partial charge in [-0.05, 0) is 48.9 Å². The van der Waals surface area contributed by atoms with Crippen LogP contribution in [0.5, 0.6) is 0 Å². The number of nitrogens with zero attached hydrogens (tertiary/aromatic N) is 2. The van der Waals surface area contributed by atoms with E-state index in [4.69, 9.17) is 16.9 Å². The molecule has 1 fully saturated rings. The molecule has 2 N–H and O–H groups in total. The summed E-state index contributed by atoms with van der Waals surface area (Å²) in [6, 6.07) is 15.0. The molecule has 0 spiro atoms. The molecule has 1 amide bonds. The minimum atomic E-state index is -0.00269. The van der Waals surface area contributed by atoms with E-state index < -0.39 is 0 Å². The average Bonchev–Trinajstić information content (AvgIpc) is 2.65. The lowest BCUT2D eigenvalue weighted by molar-refractivity contribution is -0.892. The number of amides is 1. The molecule has 6 heteroatoms. The first-order chi connectivity index (χ1) is 12.5. The van der Waals surface area contributed by atoms with Gasteiger partial charge in [0.15, 0.2) is 6.54 Å². The molecule has 134 valence electrons. The first kappa shape index (κ1) is 18.2. The van der Waals surface area contributed by atoms with Crippen molar-refractivity contribution >= 4 is 28.9 Å². The van der Waals surface area contributed by atoms with Gasteiger partial charge >= 0.3 is 0 Å². The Bertz CT molecular complexity index is 821. The van der Waals surface area contributed by atoms with Crippen LogP contribution in [0.2, 0.25) is 5.02 Å². The second-order valence-electron chi connectivity index (χ2n) is 6.58. The third-order valence-electron chi connectivity index (χ3n) is 4.69. The molecule has 0 unspecified atom stereocenters. The Kier molecular flexibility index (Phi) is 5.77. The van der Waals surface area contributed by atoms with Crippen LogP contribution in [-0.2, 0) is 4.79 Å². The van der Waals surface area contributed by atoms with Crippen molar-refractivity contribution in [3.8, 4) is 6.07 Å². The van der Waals surface area contributed by atoms with Crippen LogP contribution < -0.4 is 15.1 Å². The molecular formula is C20H22ClN4O+. The summed E-state index contributed by atoms with van der Waals surface area (Å²) in [6.07, 6.45) is 0. The molecule has 0 saturated carbocycles. The first-order valence-electron chi connectivity index (χ1n) is 8.70. The largest absolute Gasteiger partial charge is 0.360 e. The number of piperazine rings is 1. The minimum Gasteiger partial charge on any atom is -0.360 e. The summed E-state index contributed by atoms with van der Waals surface area (Å²) in [5.41, 5.74) is 3.71. The number of aryl methyl sites for hydroxylation is 1. The molecule has 5 nitrogen and oxygen atoms in total. The van der Waals surface area contributed by atoms with Gasteiger partial charge in [0.2, 0.25) is 0 Å². The fourth-order valence-electron chi connectivity index (χ4n) is 3.22. The van der Waals surface area contributed by atoms with E-state index in [9.17, 15) is 4.79 Å². The SMILES string of the molecule is Cc1ccc(Cl)cc1N1CC[NH+](CC(=O)Nc2ccc(C#N)cc2)CC1. The van der Waals surface area contributed by atoms with Crippen LogP contribution in [-0.4, -0.2) is 38.6 Å². The molecule has 1 aliphatic heterocycles. The van der Waals surface area contributed by atoms with Gasteiger partial charge in [-0.1, -0.05) is 17.7 Å². The number of anilines is 2. The van der Waals surface area contributed by atoms with E-state index in [1.807, 2.05) is 18.2 Å². The zero-order valence-electron chi connectivity index (χ0n) is 14.8. The number of rotatable bonds is 4. The molecule has 1 saturated heterocycles. The van der Waals surface area contributed by atoms with E-state index in [-0.39, 0.29) is 5.91 Å². The van der Waals surface area contributed by atoms with Crippen molar-refractivity contribution in [2.75, 3.05) is 42.9 Å². The summed E-state index contributed by atoms with van der Waals surface area (Å²) in [5, 5.41) is 12.5. The molecule has 0 aromatic heterocycles. The van der Waals surface area contributed by atoms with Crippen molar-refractivity contribution in [3.63, 3.8) is 0 Å². The summed E-state index contributed by atoms with van der Waals surface area (Å²) in [6.45, 7) is 6.17. The Labute approximate surface area is 158 Å². The molecule has 0 radical (unpaired) electrons. The van der Waals surface area contributed by atoms with Crippen LogP contribution in [0.25, 0.3) is 0 Å². The van der Waals surface area contributed by atoms with Gasteiger partial charge in [-0.25, -0.2) is 0 Å². The lowest BCUT2D eigenvalue weighted by Gasteiger charge is -2.34. The molecule has 1 heterocycles. The van der Waals surface area contributed by atoms with E-state index in [0.717, 1.165) is 36.9 Å². The van der Waals surface area contributed by atoms with Gasteiger partial charge in [-0.2, -0.15) is 5.26 Å². The Morgan fingerprint density at radius 1 is 1.23 bits per heavy atom. The Hall–Kier alpha value is -2.55. The van der Waals surface area contributed by atoms with E-state index in [0.29, 0.717) is 12.1 Å². The third kappa shape index (κ3) is 4.54. The average molecular weight is 370 g/mol. The van der Waals surface area contributed by atoms with Crippen molar-refractivity contribution in [1.29, 1.82) is 5.26 Å². The number of carbonyl (C=O) groups excluding carboxylic acids is 1. The topological polar surface area (TPSA) is 60.6 Å². The number of quaternary nitrogens is 1. The van der Waals surface area contributed by atoms with Gasteiger partial charge in [0, 0.05) is 16.4 Å². The summed E-state index contributed by atoms with van der Waals surface area (Å²) >= 11 is 6.13. The van der Waals surface area contributed by atoms with Gasteiger partial charge in [0.25, 0.3) is 5.91 Å². The minimum absolute atomic E-state index is 0.00269. The molecule has 0 aliphatic carbocycles. The summed E-state index contributed by atoms with van der Waals surface area (Å²) in [4.78, 5) is 15.9. The highest BCUT2D eigenvalue weighted by Crippen LogP contribution is 2.24. The lowest BCUT2D eigenvalue weighted by Crippen LogP contribution is -3.15. The zero-order valence-corrected chi connectivity index (χ0v) is 15.5.